The molecule has 0 aliphatic carbocycles. The van der Waals surface area contributed by atoms with Crippen molar-refractivity contribution in [2.24, 2.45) is 11.8 Å². The lowest BCUT2D eigenvalue weighted by Crippen LogP contribution is -2.40. The molecule has 0 bridgehead atoms. The molecule has 0 heterocycles. The van der Waals surface area contributed by atoms with Gasteiger partial charge in [-0.1, -0.05) is 40.7 Å². The summed E-state index contributed by atoms with van der Waals surface area (Å²) in [6.07, 6.45) is 4.55. The normalized spacial score (nSPS) is 15.9. The number of rotatable bonds is 8. The molecule has 0 aromatic carbocycles. The summed E-state index contributed by atoms with van der Waals surface area (Å²) in [6, 6.07) is 0. The largest absolute Gasteiger partial charge is 0.547 e. The number of allylic oxidation sites excluding steroid dienone is 2. The van der Waals surface area contributed by atoms with Crippen molar-refractivity contribution in [1.82, 2.24) is 0 Å². The molecule has 0 fully saturated rings. The maximum Gasteiger partial charge on any atom is 0.313 e. The summed E-state index contributed by atoms with van der Waals surface area (Å²) < 4.78 is 11.5. The Morgan fingerprint density at radius 3 is 2.18 bits per heavy atom. The van der Waals surface area contributed by atoms with E-state index in [0.29, 0.717) is 6.61 Å². The fourth-order valence-electron chi connectivity index (χ4n) is 1.87. The summed E-state index contributed by atoms with van der Waals surface area (Å²) in [7, 11) is -1.85. The Labute approximate surface area is 137 Å². The lowest BCUT2D eigenvalue weighted by molar-refractivity contribution is -0.147. The molecule has 0 amide bonds. The molecule has 2 atom stereocenters. The molecule has 2 unspecified atom stereocenters. The van der Waals surface area contributed by atoms with Gasteiger partial charge in [-0.05, 0) is 37.0 Å². The Morgan fingerprint density at radius 1 is 1.27 bits per heavy atom. The highest BCUT2D eigenvalue weighted by Crippen LogP contribution is 2.38. The van der Waals surface area contributed by atoms with Crippen LogP contribution in [-0.2, 0) is 14.0 Å². The monoisotopic (exact) mass is 326 g/mol. The number of esters is 1. The van der Waals surface area contributed by atoms with Gasteiger partial charge in [0.2, 0.25) is 8.32 Å². The smallest absolute Gasteiger partial charge is 0.313 e. The molecule has 0 saturated carbocycles. The summed E-state index contributed by atoms with van der Waals surface area (Å²) in [5.41, 5.74) is 0. The molecule has 0 spiro atoms. The molecular weight excluding hydrogens is 292 g/mol. The number of hydrogen-bond donors (Lipinski definition) is 0. The van der Waals surface area contributed by atoms with E-state index in [1.165, 1.54) is 0 Å². The fourth-order valence-corrected chi connectivity index (χ4v) is 3.04. The molecule has 128 valence electrons. The Balaban J connectivity index is 5.18. The average molecular weight is 327 g/mol. The van der Waals surface area contributed by atoms with E-state index in [9.17, 15) is 4.79 Å². The molecule has 0 radical (unpaired) electrons. The summed E-state index contributed by atoms with van der Waals surface area (Å²) >= 11 is 0. The van der Waals surface area contributed by atoms with Crippen molar-refractivity contribution in [1.29, 1.82) is 0 Å². The topological polar surface area (TPSA) is 35.5 Å². The zero-order valence-corrected chi connectivity index (χ0v) is 16.7. The summed E-state index contributed by atoms with van der Waals surface area (Å²) in [6.45, 7) is 21.2. The molecular formula is C18H34O3Si. The highest BCUT2D eigenvalue weighted by Gasteiger charge is 2.39. The molecule has 0 aromatic rings. The Bertz CT molecular complexity index is 405. The number of hydrogen-bond acceptors (Lipinski definition) is 3. The van der Waals surface area contributed by atoms with Crippen LogP contribution in [0, 0.1) is 11.8 Å². The summed E-state index contributed by atoms with van der Waals surface area (Å²) in [5, 5.41) is 0.156. The van der Waals surface area contributed by atoms with Crippen LogP contribution in [0.3, 0.4) is 0 Å². The van der Waals surface area contributed by atoms with E-state index in [0.717, 1.165) is 12.2 Å². The van der Waals surface area contributed by atoms with Crippen molar-refractivity contribution in [3.05, 3.63) is 24.5 Å². The van der Waals surface area contributed by atoms with Crippen LogP contribution in [0.2, 0.25) is 18.1 Å². The van der Waals surface area contributed by atoms with Gasteiger partial charge in [-0.15, -0.1) is 6.58 Å². The maximum absolute atomic E-state index is 12.0. The Hall–Kier alpha value is -1.03. The van der Waals surface area contributed by atoms with Crippen molar-refractivity contribution in [2.75, 3.05) is 6.61 Å². The molecule has 0 saturated heterocycles. The second kappa shape index (κ2) is 8.56. The van der Waals surface area contributed by atoms with E-state index >= 15 is 0 Å². The van der Waals surface area contributed by atoms with Gasteiger partial charge < -0.3 is 9.16 Å². The van der Waals surface area contributed by atoms with Gasteiger partial charge in [-0.3, -0.25) is 4.79 Å². The van der Waals surface area contributed by atoms with Crippen molar-refractivity contribution in [2.45, 2.75) is 66.1 Å². The van der Waals surface area contributed by atoms with Crippen molar-refractivity contribution < 1.29 is 14.0 Å². The standard InChI is InChI=1S/C18H34O3Si/c1-10-15(21-22(8,9)18(5,6)7)13-14(4)16(11-2)17(19)20-12-3/h11,13-14,16H,2,10,12H2,1,3-9H3/b15-13+. The van der Waals surface area contributed by atoms with Crippen molar-refractivity contribution in [3.8, 4) is 0 Å². The molecule has 3 nitrogen and oxygen atoms in total. The minimum atomic E-state index is -1.85. The van der Waals surface area contributed by atoms with Crippen molar-refractivity contribution >= 4 is 14.3 Å². The summed E-state index contributed by atoms with van der Waals surface area (Å²) in [4.78, 5) is 12.0. The zero-order chi connectivity index (χ0) is 17.6. The van der Waals surface area contributed by atoms with E-state index < -0.39 is 8.32 Å². The quantitative estimate of drug-likeness (QED) is 0.263. The third kappa shape index (κ3) is 5.99. The van der Waals surface area contributed by atoms with E-state index in [1.54, 1.807) is 6.08 Å². The number of carbonyl (C=O) groups excluding carboxylic acids is 1. The zero-order valence-electron chi connectivity index (χ0n) is 15.7. The van der Waals surface area contributed by atoms with E-state index in [2.05, 4.69) is 53.4 Å². The van der Waals surface area contributed by atoms with Crippen LogP contribution < -0.4 is 0 Å². The van der Waals surface area contributed by atoms with Crippen LogP contribution in [0.4, 0.5) is 0 Å². The van der Waals surface area contributed by atoms with E-state index in [-0.39, 0.29) is 22.8 Å². The predicted octanol–water partition coefficient (Wildman–Crippen LogP) is 5.30. The van der Waals surface area contributed by atoms with E-state index in [1.807, 2.05) is 13.8 Å². The first-order chi connectivity index (χ1) is 10.00. The van der Waals surface area contributed by atoms with Gasteiger partial charge in [0.1, 0.15) is 0 Å². The molecule has 4 heteroatoms. The van der Waals surface area contributed by atoms with Gasteiger partial charge in [0, 0.05) is 6.42 Å². The van der Waals surface area contributed by atoms with Gasteiger partial charge in [0.15, 0.2) is 0 Å². The van der Waals surface area contributed by atoms with Crippen LogP contribution in [-0.4, -0.2) is 20.9 Å². The Morgan fingerprint density at radius 2 is 1.82 bits per heavy atom. The van der Waals surface area contributed by atoms with Gasteiger partial charge in [0.25, 0.3) is 0 Å². The third-order valence-electron chi connectivity index (χ3n) is 4.37. The molecule has 0 aromatic heterocycles. The fraction of sp³-hybridized carbons (Fsp3) is 0.722. The minimum absolute atomic E-state index is 0.0104. The number of ether oxygens (including phenoxy) is 1. The molecule has 22 heavy (non-hydrogen) atoms. The van der Waals surface area contributed by atoms with Gasteiger partial charge in [-0.25, -0.2) is 0 Å². The minimum Gasteiger partial charge on any atom is -0.547 e. The highest BCUT2D eigenvalue weighted by molar-refractivity contribution is 6.74. The van der Waals surface area contributed by atoms with E-state index in [4.69, 9.17) is 9.16 Å². The van der Waals surface area contributed by atoms with Gasteiger partial charge >= 0.3 is 5.97 Å². The van der Waals surface area contributed by atoms with Crippen LogP contribution in [0.5, 0.6) is 0 Å². The SMILES string of the molecule is C=CC(C(=O)OCC)C(C)/C=C(\CC)O[Si](C)(C)C(C)(C)C. The first kappa shape index (κ1) is 21.0. The second-order valence-electron chi connectivity index (χ2n) is 7.22. The van der Waals surface area contributed by atoms with Crippen LogP contribution >= 0.6 is 0 Å². The maximum atomic E-state index is 12.0. The van der Waals surface area contributed by atoms with Crippen LogP contribution in [0.25, 0.3) is 0 Å². The second-order valence-corrected chi connectivity index (χ2v) is 11.9. The van der Waals surface area contributed by atoms with Gasteiger partial charge in [0.05, 0.1) is 18.3 Å². The lowest BCUT2D eigenvalue weighted by atomic mass is 9.93. The van der Waals surface area contributed by atoms with Crippen LogP contribution in [0.1, 0.15) is 48.0 Å². The molecule has 0 aliphatic heterocycles. The van der Waals surface area contributed by atoms with Crippen LogP contribution in [0.15, 0.2) is 24.5 Å². The average Bonchev–Trinajstić information content (AvgIpc) is 2.37. The highest BCUT2D eigenvalue weighted by atomic mass is 28.4. The molecule has 0 aliphatic rings. The Kier molecular flexibility index (Phi) is 8.16. The summed E-state index contributed by atoms with van der Waals surface area (Å²) in [5.74, 6) is 0.431. The number of carbonyl (C=O) groups is 1. The lowest BCUT2D eigenvalue weighted by Gasteiger charge is -2.37. The predicted molar refractivity (Wildman–Crippen MR) is 96.1 cm³/mol. The molecule has 0 rings (SSSR count). The van der Waals surface area contributed by atoms with Gasteiger partial charge in [-0.2, -0.15) is 0 Å². The third-order valence-corrected chi connectivity index (χ3v) is 8.75. The first-order valence-electron chi connectivity index (χ1n) is 8.19. The molecule has 0 N–H and O–H groups in total. The van der Waals surface area contributed by atoms with Crippen molar-refractivity contribution in [3.63, 3.8) is 0 Å². The first-order valence-corrected chi connectivity index (χ1v) is 11.1.